The summed E-state index contributed by atoms with van der Waals surface area (Å²) in [5.74, 6) is -0.0407. The number of carbonyl (C=O) groups excluding carboxylic acids is 1. The molecule has 2 N–H and O–H groups in total. The number of benzene rings is 1. The number of amides is 1. The molecule has 0 atom stereocenters. The van der Waals surface area contributed by atoms with E-state index in [-0.39, 0.29) is 12.5 Å². The lowest BCUT2D eigenvalue weighted by Gasteiger charge is -2.22. The van der Waals surface area contributed by atoms with Gasteiger partial charge >= 0.3 is 0 Å². The Labute approximate surface area is 153 Å². The molecule has 136 valence electrons. The zero-order valence-corrected chi connectivity index (χ0v) is 15.5. The molecule has 26 heavy (non-hydrogen) atoms. The van der Waals surface area contributed by atoms with Gasteiger partial charge in [-0.3, -0.25) is 9.78 Å². The molecular weight excluding hydrogens is 326 g/mol. The molecule has 5 heteroatoms. The largest absolute Gasteiger partial charge is 0.396 e. The number of nitrogens with zero attached hydrogens (tertiary/aromatic N) is 2. The average molecular weight is 351 g/mol. The molecule has 0 radical (unpaired) electrons. The van der Waals surface area contributed by atoms with Gasteiger partial charge in [0.1, 0.15) is 5.69 Å². The molecule has 1 aromatic carbocycles. The topological polar surface area (TPSA) is 69.2 Å². The fourth-order valence-electron chi connectivity index (χ4n) is 3.38. The number of carbonyl (C=O) groups is 1. The van der Waals surface area contributed by atoms with Crippen molar-refractivity contribution >= 4 is 16.8 Å². The first kappa shape index (κ1) is 18.1. The first-order valence-electron chi connectivity index (χ1n) is 8.90. The molecule has 0 aliphatic rings. The van der Waals surface area contributed by atoms with E-state index >= 15 is 0 Å². The van der Waals surface area contributed by atoms with Crippen LogP contribution in [0, 0.1) is 20.8 Å². The van der Waals surface area contributed by atoms with E-state index in [0.29, 0.717) is 25.2 Å². The lowest BCUT2D eigenvalue weighted by atomic mass is 10.1. The number of aryl methyl sites for hydroxylation is 3. The fourth-order valence-corrected chi connectivity index (χ4v) is 3.38. The van der Waals surface area contributed by atoms with Gasteiger partial charge in [0.2, 0.25) is 0 Å². The SMILES string of the molecule is Cc1cc(C)c2[nH]c(C(=O)N(CCCO)Cc3ccncc3)c(C)c2c1. The van der Waals surface area contributed by atoms with Crippen LogP contribution in [0.4, 0.5) is 0 Å². The number of rotatable bonds is 6. The van der Waals surface area contributed by atoms with Gasteiger partial charge in [-0.1, -0.05) is 11.6 Å². The van der Waals surface area contributed by atoms with E-state index < -0.39 is 0 Å². The number of aromatic amines is 1. The van der Waals surface area contributed by atoms with Gasteiger partial charge in [-0.2, -0.15) is 0 Å². The summed E-state index contributed by atoms with van der Waals surface area (Å²) in [6.07, 6.45) is 4.00. The second kappa shape index (κ2) is 7.70. The van der Waals surface area contributed by atoms with Crippen molar-refractivity contribution in [3.8, 4) is 0 Å². The molecule has 0 bridgehead atoms. The number of aliphatic hydroxyl groups excluding tert-OH is 1. The Kier molecular flexibility index (Phi) is 5.38. The number of aliphatic hydroxyl groups is 1. The van der Waals surface area contributed by atoms with Gasteiger partial charge in [0.05, 0.1) is 0 Å². The van der Waals surface area contributed by atoms with Crippen molar-refractivity contribution in [2.75, 3.05) is 13.2 Å². The second-order valence-electron chi connectivity index (χ2n) is 6.79. The van der Waals surface area contributed by atoms with Crippen LogP contribution < -0.4 is 0 Å². The quantitative estimate of drug-likeness (QED) is 0.714. The Hall–Kier alpha value is -2.66. The third kappa shape index (κ3) is 3.63. The van der Waals surface area contributed by atoms with E-state index in [1.807, 2.05) is 19.1 Å². The maximum Gasteiger partial charge on any atom is 0.270 e. The highest BCUT2D eigenvalue weighted by Crippen LogP contribution is 2.27. The first-order valence-corrected chi connectivity index (χ1v) is 8.90. The smallest absolute Gasteiger partial charge is 0.270 e. The van der Waals surface area contributed by atoms with E-state index in [1.165, 1.54) is 5.56 Å². The van der Waals surface area contributed by atoms with Gasteiger partial charge in [0.15, 0.2) is 0 Å². The van der Waals surface area contributed by atoms with Crippen molar-refractivity contribution in [2.24, 2.45) is 0 Å². The summed E-state index contributed by atoms with van der Waals surface area (Å²) in [6.45, 7) is 7.17. The summed E-state index contributed by atoms with van der Waals surface area (Å²) in [5.41, 5.74) is 5.96. The predicted octanol–water partition coefficient (Wildman–Crippen LogP) is 3.51. The van der Waals surface area contributed by atoms with Gasteiger partial charge in [-0.25, -0.2) is 0 Å². The molecular formula is C21H25N3O2. The Morgan fingerprint density at radius 1 is 1.19 bits per heavy atom. The van der Waals surface area contributed by atoms with Crippen molar-refractivity contribution in [1.29, 1.82) is 0 Å². The standard InChI is InChI=1S/C21H25N3O2/c1-14-11-15(2)19-18(12-14)16(3)20(23-19)21(26)24(9-4-10-25)13-17-5-7-22-8-6-17/h5-8,11-12,23,25H,4,9-10,13H2,1-3H3. The summed E-state index contributed by atoms with van der Waals surface area (Å²) in [5, 5.41) is 10.3. The Balaban J connectivity index is 1.97. The zero-order chi connectivity index (χ0) is 18.7. The van der Waals surface area contributed by atoms with Gasteiger partial charge in [0.25, 0.3) is 5.91 Å². The normalized spacial score (nSPS) is 11.1. The van der Waals surface area contributed by atoms with E-state index in [4.69, 9.17) is 0 Å². The number of H-pyrrole nitrogens is 1. The zero-order valence-electron chi connectivity index (χ0n) is 15.5. The van der Waals surface area contributed by atoms with E-state index in [9.17, 15) is 9.90 Å². The number of fused-ring (bicyclic) bond motifs is 1. The van der Waals surface area contributed by atoms with Crippen LogP contribution in [0.5, 0.6) is 0 Å². The highest BCUT2D eigenvalue weighted by atomic mass is 16.3. The molecule has 3 aromatic rings. The summed E-state index contributed by atoms with van der Waals surface area (Å²) >= 11 is 0. The summed E-state index contributed by atoms with van der Waals surface area (Å²) in [7, 11) is 0. The minimum atomic E-state index is -0.0407. The highest BCUT2D eigenvalue weighted by molar-refractivity contribution is 6.01. The van der Waals surface area contributed by atoms with Crippen LogP contribution in [-0.4, -0.2) is 39.0 Å². The van der Waals surface area contributed by atoms with Gasteiger partial charge in [0, 0.05) is 43.0 Å². The maximum atomic E-state index is 13.2. The molecule has 2 heterocycles. The molecule has 3 rings (SSSR count). The van der Waals surface area contributed by atoms with E-state index in [1.54, 1.807) is 17.3 Å². The summed E-state index contributed by atoms with van der Waals surface area (Å²) in [6, 6.07) is 8.05. The number of nitrogens with one attached hydrogen (secondary N) is 1. The predicted molar refractivity (Wildman–Crippen MR) is 103 cm³/mol. The van der Waals surface area contributed by atoms with Gasteiger partial charge in [-0.05, 0) is 62.1 Å². The van der Waals surface area contributed by atoms with Crippen LogP contribution in [0.1, 0.15) is 39.2 Å². The summed E-state index contributed by atoms with van der Waals surface area (Å²) in [4.78, 5) is 22.4. The van der Waals surface area contributed by atoms with Crippen molar-refractivity contribution in [1.82, 2.24) is 14.9 Å². The van der Waals surface area contributed by atoms with Crippen molar-refractivity contribution in [3.63, 3.8) is 0 Å². The van der Waals surface area contributed by atoms with Crippen LogP contribution in [0.3, 0.4) is 0 Å². The molecule has 5 nitrogen and oxygen atoms in total. The van der Waals surface area contributed by atoms with Crippen molar-refractivity contribution in [3.05, 3.63) is 64.6 Å². The second-order valence-corrected chi connectivity index (χ2v) is 6.79. The Bertz CT molecular complexity index is 916. The molecule has 0 aliphatic carbocycles. The highest BCUT2D eigenvalue weighted by Gasteiger charge is 2.21. The average Bonchev–Trinajstić information content (AvgIpc) is 2.96. The van der Waals surface area contributed by atoms with Gasteiger partial charge in [-0.15, -0.1) is 0 Å². The van der Waals surface area contributed by atoms with Crippen LogP contribution >= 0.6 is 0 Å². The molecule has 0 saturated carbocycles. The van der Waals surface area contributed by atoms with Crippen LogP contribution in [0.2, 0.25) is 0 Å². The molecule has 1 amide bonds. The summed E-state index contributed by atoms with van der Waals surface area (Å²) < 4.78 is 0. The van der Waals surface area contributed by atoms with Crippen LogP contribution in [0.25, 0.3) is 10.9 Å². The molecule has 0 fully saturated rings. The molecule has 0 spiro atoms. The Morgan fingerprint density at radius 3 is 2.62 bits per heavy atom. The number of aromatic nitrogens is 2. The Morgan fingerprint density at radius 2 is 1.92 bits per heavy atom. The maximum absolute atomic E-state index is 13.2. The third-order valence-corrected chi connectivity index (χ3v) is 4.72. The van der Waals surface area contributed by atoms with Crippen LogP contribution in [0.15, 0.2) is 36.7 Å². The fraction of sp³-hybridized carbons (Fsp3) is 0.333. The molecule has 0 aliphatic heterocycles. The monoisotopic (exact) mass is 351 g/mol. The number of pyridine rings is 1. The van der Waals surface area contributed by atoms with E-state index in [2.05, 4.69) is 35.9 Å². The molecule has 2 aromatic heterocycles. The molecule has 0 saturated heterocycles. The third-order valence-electron chi connectivity index (χ3n) is 4.72. The van der Waals surface area contributed by atoms with Crippen molar-refractivity contribution in [2.45, 2.75) is 33.7 Å². The molecule has 0 unspecified atom stereocenters. The van der Waals surface area contributed by atoms with Crippen molar-refractivity contribution < 1.29 is 9.90 Å². The minimum absolute atomic E-state index is 0.0407. The lowest BCUT2D eigenvalue weighted by molar-refractivity contribution is 0.0726. The van der Waals surface area contributed by atoms with Crippen LogP contribution in [-0.2, 0) is 6.54 Å². The first-order chi connectivity index (χ1) is 12.5. The van der Waals surface area contributed by atoms with Gasteiger partial charge < -0.3 is 15.0 Å². The number of hydrogen-bond acceptors (Lipinski definition) is 3. The number of hydrogen-bond donors (Lipinski definition) is 2. The minimum Gasteiger partial charge on any atom is -0.396 e. The van der Waals surface area contributed by atoms with E-state index in [0.717, 1.165) is 27.6 Å². The lowest BCUT2D eigenvalue weighted by Crippen LogP contribution is -2.32.